The molecule has 1 aliphatic rings. The molecule has 1 aliphatic carbocycles. The zero-order valence-corrected chi connectivity index (χ0v) is 16.5. The maximum absolute atomic E-state index is 12.7. The third-order valence-electron chi connectivity index (χ3n) is 5.37. The van der Waals surface area contributed by atoms with Crippen molar-refractivity contribution in [1.82, 2.24) is 5.32 Å². The van der Waals surface area contributed by atoms with E-state index < -0.39 is 12.1 Å². The van der Waals surface area contributed by atoms with Gasteiger partial charge in [0.25, 0.3) is 5.91 Å². The maximum Gasteiger partial charge on any atom is 0.339 e. The standard InChI is InChI=1S/C24H29NO3/c1-18(23(26)25-21-13-6-3-7-14-21)28-24(27)22-15-9-8-12-20(22)17-16-19-10-4-2-5-11-19/h2,4-5,8-12,15,18,21H,3,6-7,13-14,16-17H2,1H3,(H,25,26). The summed E-state index contributed by atoms with van der Waals surface area (Å²) in [6.07, 6.45) is 6.35. The molecule has 0 radical (unpaired) electrons. The van der Waals surface area contributed by atoms with Gasteiger partial charge in [-0.1, -0.05) is 67.8 Å². The first-order valence-corrected chi connectivity index (χ1v) is 10.3. The highest BCUT2D eigenvalue weighted by molar-refractivity contribution is 5.93. The van der Waals surface area contributed by atoms with Gasteiger partial charge in [0.05, 0.1) is 5.56 Å². The van der Waals surface area contributed by atoms with Gasteiger partial charge in [-0.2, -0.15) is 0 Å². The molecule has 3 rings (SSSR count). The molecule has 148 valence electrons. The van der Waals surface area contributed by atoms with Crippen LogP contribution in [-0.4, -0.2) is 24.0 Å². The normalized spacial score (nSPS) is 15.6. The highest BCUT2D eigenvalue weighted by Crippen LogP contribution is 2.18. The lowest BCUT2D eigenvalue weighted by Crippen LogP contribution is -2.42. The molecule has 4 nitrogen and oxygen atoms in total. The summed E-state index contributed by atoms with van der Waals surface area (Å²) < 4.78 is 5.48. The van der Waals surface area contributed by atoms with Crippen molar-refractivity contribution in [3.05, 3.63) is 71.3 Å². The topological polar surface area (TPSA) is 55.4 Å². The van der Waals surface area contributed by atoms with E-state index in [9.17, 15) is 9.59 Å². The molecule has 1 unspecified atom stereocenters. The van der Waals surface area contributed by atoms with Crippen LogP contribution in [-0.2, 0) is 22.4 Å². The van der Waals surface area contributed by atoms with E-state index in [1.165, 1.54) is 12.0 Å². The van der Waals surface area contributed by atoms with Crippen LogP contribution in [0.15, 0.2) is 54.6 Å². The fourth-order valence-electron chi connectivity index (χ4n) is 3.70. The molecule has 0 aliphatic heterocycles. The van der Waals surface area contributed by atoms with E-state index in [-0.39, 0.29) is 11.9 Å². The quantitative estimate of drug-likeness (QED) is 0.723. The fraction of sp³-hybridized carbons (Fsp3) is 0.417. The number of nitrogens with one attached hydrogen (secondary N) is 1. The Morgan fingerprint density at radius 2 is 1.64 bits per heavy atom. The van der Waals surface area contributed by atoms with Gasteiger partial charge < -0.3 is 10.1 Å². The first-order chi connectivity index (χ1) is 13.6. The molecule has 2 aromatic carbocycles. The Hall–Kier alpha value is -2.62. The minimum absolute atomic E-state index is 0.206. The molecule has 1 saturated carbocycles. The molecule has 4 heteroatoms. The lowest BCUT2D eigenvalue weighted by molar-refractivity contribution is -0.130. The predicted octanol–water partition coefficient (Wildman–Crippen LogP) is 4.47. The van der Waals surface area contributed by atoms with Crippen molar-refractivity contribution in [2.45, 2.75) is 64.0 Å². The van der Waals surface area contributed by atoms with Crippen molar-refractivity contribution in [3.8, 4) is 0 Å². The van der Waals surface area contributed by atoms with E-state index in [0.717, 1.165) is 44.1 Å². The molecule has 1 N–H and O–H groups in total. The zero-order valence-electron chi connectivity index (χ0n) is 16.5. The average molecular weight is 380 g/mol. The summed E-state index contributed by atoms with van der Waals surface area (Å²) >= 11 is 0. The van der Waals surface area contributed by atoms with Crippen LogP contribution in [0.3, 0.4) is 0 Å². The number of aryl methyl sites for hydroxylation is 2. The van der Waals surface area contributed by atoms with Crippen molar-refractivity contribution < 1.29 is 14.3 Å². The minimum atomic E-state index is -0.795. The summed E-state index contributed by atoms with van der Waals surface area (Å²) in [6.45, 7) is 1.64. The van der Waals surface area contributed by atoms with Gasteiger partial charge in [0.2, 0.25) is 0 Å². The molecule has 0 saturated heterocycles. The third-order valence-corrected chi connectivity index (χ3v) is 5.37. The van der Waals surface area contributed by atoms with Crippen molar-refractivity contribution in [3.63, 3.8) is 0 Å². The molecule has 1 amide bonds. The zero-order chi connectivity index (χ0) is 19.8. The number of ether oxygens (including phenoxy) is 1. The largest absolute Gasteiger partial charge is 0.449 e. The third kappa shape index (κ3) is 5.69. The van der Waals surface area contributed by atoms with Gasteiger partial charge in [0, 0.05) is 6.04 Å². The molecular weight excluding hydrogens is 350 g/mol. The van der Waals surface area contributed by atoms with E-state index in [4.69, 9.17) is 4.74 Å². The van der Waals surface area contributed by atoms with E-state index in [0.29, 0.717) is 5.56 Å². The second kappa shape index (κ2) is 10.1. The number of carbonyl (C=O) groups excluding carboxylic acids is 2. The van der Waals surface area contributed by atoms with Crippen LogP contribution < -0.4 is 5.32 Å². The molecule has 0 heterocycles. The second-order valence-corrected chi connectivity index (χ2v) is 7.53. The highest BCUT2D eigenvalue weighted by Gasteiger charge is 2.23. The summed E-state index contributed by atoms with van der Waals surface area (Å²) in [5, 5.41) is 3.02. The Morgan fingerprint density at radius 1 is 0.964 bits per heavy atom. The van der Waals surface area contributed by atoms with E-state index >= 15 is 0 Å². The van der Waals surface area contributed by atoms with Crippen LogP contribution in [0, 0.1) is 0 Å². The Bertz CT molecular complexity index is 781. The van der Waals surface area contributed by atoms with Gasteiger partial charge >= 0.3 is 5.97 Å². The molecule has 0 aromatic heterocycles. The number of carbonyl (C=O) groups is 2. The highest BCUT2D eigenvalue weighted by atomic mass is 16.5. The molecule has 28 heavy (non-hydrogen) atoms. The first kappa shape index (κ1) is 20.1. The minimum Gasteiger partial charge on any atom is -0.449 e. The monoisotopic (exact) mass is 379 g/mol. The van der Waals surface area contributed by atoms with E-state index in [1.54, 1.807) is 13.0 Å². The summed E-state index contributed by atoms with van der Waals surface area (Å²) in [7, 11) is 0. The Balaban J connectivity index is 1.58. The molecule has 1 atom stereocenters. The summed E-state index contributed by atoms with van der Waals surface area (Å²) in [5.41, 5.74) is 2.71. The molecular formula is C24H29NO3. The number of amides is 1. The van der Waals surface area contributed by atoms with Gasteiger partial charge in [0.1, 0.15) is 0 Å². The smallest absolute Gasteiger partial charge is 0.339 e. The SMILES string of the molecule is CC(OC(=O)c1ccccc1CCc1ccccc1)C(=O)NC1CCCCC1. The van der Waals surface area contributed by atoms with Gasteiger partial charge in [0.15, 0.2) is 6.10 Å². The number of rotatable bonds is 7. The Morgan fingerprint density at radius 3 is 2.39 bits per heavy atom. The number of hydrogen-bond donors (Lipinski definition) is 1. The van der Waals surface area contributed by atoms with E-state index in [1.807, 2.05) is 36.4 Å². The van der Waals surface area contributed by atoms with Gasteiger partial charge in [-0.3, -0.25) is 4.79 Å². The van der Waals surface area contributed by atoms with Crippen LogP contribution in [0.5, 0.6) is 0 Å². The summed E-state index contributed by atoms with van der Waals surface area (Å²) in [4.78, 5) is 25.1. The predicted molar refractivity (Wildman–Crippen MR) is 110 cm³/mol. The van der Waals surface area contributed by atoms with Crippen molar-refractivity contribution in [2.75, 3.05) is 0 Å². The van der Waals surface area contributed by atoms with Crippen LogP contribution in [0.25, 0.3) is 0 Å². The van der Waals surface area contributed by atoms with Gasteiger partial charge in [-0.25, -0.2) is 4.79 Å². The van der Waals surface area contributed by atoms with Crippen LogP contribution in [0.1, 0.15) is 60.5 Å². The Kier molecular flexibility index (Phi) is 7.24. The number of benzene rings is 2. The van der Waals surface area contributed by atoms with Gasteiger partial charge in [-0.05, 0) is 49.8 Å². The Labute approximate surface area is 167 Å². The van der Waals surface area contributed by atoms with E-state index in [2.05, 4.69) is 17.4 Å². The van der Waals surface area contributed by atoms with Crippen molar-refractivity contribution in [1.29, 1.82) is 0 Å². The summed E-state index contributed by atoms with van der Waals surface area (Å²) in [5.74, 6) is -0.642. The van der Waals surface area contributed by atoms with Crippen LogP contribution in [0.2, 0.25) is 0 Å². The van der Waals surface area contributed by atoms with Crippen LogP contribution in [0.4, 0.5) is 0 Å². The molecule has 1 fully saturated rings. The lowest BCUT2D eigenvalue weighted by atomic mass is 9.95. The number of hydrogen-bond acceptors (Lipinski definition) is 3. The van der Waals surface area contributed by atoms with Gasteiger partial charge in [-0.15, -0.1) is 0 Å². The first-order valence-electron chi connectivity index (χ1n) is 10.3. The number of esters is 1. The molecule has 2 aromatic rings. The maximum atomic E-state index is 12.7. The second-order valence-electron chi connectivity index (χ2n) is 7.53. The summed E-state index contributed by atoms with van der Waals surface area (Å²) in [6, 6.07) is 17.9. The van der Waals surface area contributed by atoms with Crippen molar-refractivity contribution in [2.24, 2.45) is 0 Å². The molecule has 0 bridgehead atoms. The van der Waals surface area contributed by atoms with Crippen LogP contribution >= 0.6 is 0 Å². The fourth-order valence-corrected chi connectivity index (χ4v) is 3.70. The lowest BCUT2D eigenvalue weighted by Gasteiger charge is -2.24. The van der Waals surface area contributed by atoms with Crippen molar-refractivity contribution >= 4 is 11.9 Å². The average Bonchev–Trinajstić information content (AvgIpc) is 2.74. The molecule has 0 spiro atoms.